The molecular weight excluding hydrogens is 391 g/mol. The lowest BCUT2D eigenvalue weighted by molar-refractivity contribution is 0.301. The van der Waals surface area contributed by atoms with Crippen LogP contribution in [0.1, 0.15) is 5.69 Å². The first-order chi connectivity index (χ1) is 12.6. The van der Waals surface area contributed by atoms with Crippen molar-refractivity contribution in [1.82, 2.24) is 9.38 Å². The van der Waals surface area contributed by atoms with Gasteiger partial charge in [0.2, 0.25) is 0 Å². The summed E-state index contributed by atoms with van der Waals surface area (Å²) in [5.74, 6) is 0.456. The Morgan fingerprint density at radius 3 is 2.69 bits per heavy atom. The molecule has 2 aromatic heterocycles. The van der Waals surface area contributed by atoms with Crippen molar-refractivity contribution in [2.45, 2.75) is 6.61 Å². The normalized spacial score (nSPS) is 11.0. The van der Waals surface area contributed by atoms with Gasteiger partial charge in [0, 0.05) is 22.5 Å². The summed E-state index contributed by atoms with van der Waals surface area (Å²) in [4.78, 5) is 17.8. The van der Waals surface area contributed by atoms with Gasteiger partial charge in [-0.1, -0.05) is 53.5 Å². The number of ether oxygens (including phenoxy) is 1. The van der Waals surface area contributed by atoms with Gasteiger partial charge >= 0.3 is 0 Å². The number of rotatable bonds is 4. The minimum atomic E-state index is -0.147. The number of hydrogen-bond donors (Lipinski definition) is 0. The van der Waals surface area contributed by atoms with Crippen molar-refractivity contribution in [2.75, 3.05) is 0 Å². The van der Waals surface area contributed by atoms with E-state index in [-0.39, 0.29) is 12.2 Å². The molecule has 0 bridgehead atoms. The molecule has 0 aliphatic heterocycles. The zero-order valence-electron chi connectivity index (χ0n) is 13.4. The zero-order chi connectivity index (χ0) is 18.1. The summed E-state index contributed by atoms with van der Waals surface area (Å²) in [6.45, 7) is 0.129. The SMILES string of the molecule is O=c1cc(COc2cc(Cl)ccc2Cl)nc2scc(-c3ccccc3)n12. The molecule has 4 rings (SSSR count). The molecule has 2 heterocycles. The molecule has 0 atom stereocenters. The highest BCUT2D eigenvalue weighted by molar-refractivity contribution is 7.15. The van der Waals surface area contributed by atoms with Crippen LogP contribution in [0.25, 0.3) is 16.2 Å². The number of nitrogens with zero attached hydrogens (tertiary/aromatic N) is 2. The Balaban J connectivity index is 1.66. The van der Waals surface area contributed by atoms with Gasteiger partial charge in [-0.15, -0.1) is 11.3 Å². The van der Waals surface area contributed by atoms with E-state index in [1.807, 2.05) is 35.7 Å². The van der Waals surface area contributed by atoms with E-state index in [1.165, 1.54) is 17.4 Å². The minimum absolute atomic E-state index is 0.129. The van der Waals surface area contributed by atoms with Gasteiger partial charge in [0.05, 0.1) is 16.4 Å². The topological polar surface area (TPSA) is 43.6 Å². The molecule has 0 aliphatic rings. The maximum atomic E-state index is 12.6. The third-order valence-electron chi connectivity index (χ3n) is 3.80. The molecule has 0 unspecified atom stereocenters. The lowest BCUT2D eigenvalue weighted by Crippen LogP contribution is -2.15. The van der Waals surface area contributed by atoms with Crippen LogP contribution in [-0.2, 0) is 6.61 Å². The zero-order valence-corrected chi connectivity index (χ0v) is 15.7. The highest BCUT2D eigenvalue weighted by Gasteiger charge is 2.11. The van der Waals surface area contributed by atoms with E-state index in [1.54, 1.807) is 22.6 Å². The van der Waals surface area contributed by atoms with Gasteiger partial charge in [-0.3, -0.25) is 9.20 Å². The summed E-state index contributed by atoms with van der Waals surface area (Å²) in [5.41, 5.74) is 2.18. The lowest BCUT2D eigenvalue weighted by atomic mass is 10.2. The molecule has 0 N–H and O–H groups in total. The highest BCUT2D eigenvalue weighted by atomic mass is 35.5. The van der Waals surface area contributed by atoms with Crippen LogP contribution >= 0.6 is 34.5 Å². The first-order valence-corrected chi connectivity index (χ1v) is 9.39. The van der Waals surface area contributed by atoms with Crippen LogP contribution in [0, 0.1) is 0 Å². The summed E-state index contributed by atoms with van der Waals surface area (Å²) in [7, 11) is 0. The van der Waals surface area contributed by atoms with Crippen LogP contribution in [0.15, 0.2) is 64.8 Å². The molecule has 0 saturated carbocycles. The molecule has 0 fully saturated rings. The predicted molar refractivity (Wildman–Crippen MR) is 106 cm³/mol. The first-order valence-electron chi connectivity index (χ1n) is 7.75. The molecular formula is C19H12Cl2N2O2S. The smallest absolute Gasteiger partial charge is 0.259 e. The fourth-order valence-electron chi connectivity index (χ4n) is 2.59. The summed E-state index contributed by atoms with van der Waals surface area (Å²) in [5, 5.41) is 2.91. The van der Waals surface area contributed by atoms with E-state index < -0.39 is 0 Å². The number of hydrogen-bond acceptors (Lipinski definition) is 4. The van der Waals surface area contributed by atoms with E-state index in [2.05, 4.69) is 4.98 Å². The Kier molecular flexibility index (Phi) is 4.68. The molecule has 130 valence electrons. The minimum Gasteiger partial charge on any atom is -0.486 e. The standard InChI is InChI=1S/C19H12Cl2N2O2S/c20-13-6-7-15(21)17(8-13)25-10-14-9-18(24)23-16(11-26-19(23)22-14)12-4-2-1-3-5-12/h1-9,11H,10H2. The van der Waals surface area contributed by atoms with Gasteiger partial charge < -0.3 is 4.74 Å². The Hall–Kier alpha value is -2.34. The third kappa shape index (κ3) is 3.33. The molecule has 2 aromatic carbocycles. The molecule has 7 heteroatoms. The molecule has 0 amide bonds. The fourth-order valence-corrected chi connectivity index (χ4v) is 3.84. The monoisotopic (exact) mass is 402 g/mol. The second kappa shape index (κ2) is 7.11. The lowest BCUT2D eigenvalue weighted by Gasteiger charge is -2.08. The number of halogens is 2. The Morgan fingerprint density at radius 1 is 1.08 bits per heavy atom. The highest BCUT2D eigenvalue weighted by Crippen LogP contribution is 2.28. The molecule has 0 aliphatic carbocycles. The van der Waals surface area contributed by atoms with E-state index in [4.69, 9.17) is 27.9 Å². The summed E-state index contributed by atoms with van der Waals surface area (Å²) >= 11 is 13.5. The molecule has 0 spiro atoms. The summed E-state index contributed by atoms with van der Waals surface area (Å²) in [6, 6.07) is 16.2. The van der Waals surface area contributed by atoms with Crippen molar-refractivity contribution in [2.24, 2.45) is 0 Å². The van der Waals surface area contributed by atoms with Crippen LogP contribution < -0.4 is 10.3 Å². The van der Waals surface area contributed by atoms with Gasteiger partial charge in [0.25, 0.3) is 5.56 Å². The van der Waals surface area contributed by atoms with Gasteiger partial charge in [-0.2, -0.15) is 0 Å². The van der Waals surface area contributed by atoms with Crippen molar-refractivity contribution in [3.8, 4) is 17.0 Å². The third-order valence-corrected chi connectivity index (χ3v) is 5.17. The molecule has 4 aromatic rings. The number of aromatic nitrogens is 2. The second-order valence-electron chi connectivity index (χ2n) is 5.55. The Bertz CT molecular complexity index is 1140. The molecule has 0 radical (unpaired) electrons. The van der Waals surface area contributed by atoms with E-state index in [0.29, 0.717) is 26.4 Å². The maximum absolute atomic E-state index is 12.6. The molecule has 0 saturated heterocycles. The van der Waals surface area contributed by atoms with Crippen LogP contribution in [-0.4, -0.2) is 9.38 Å². The fraction of sp³-hybridized carbons (Fsp3) is 0.0526. The van der Waals surface area contributed by atoms with Gasteiger partial charge in [0.1, 0.15) is 12.4 Å². The van der Waals surface area contributed by atoms with Crippen LogP contribution in [0.5, 0.6) is 5.75 Å². The van der Waals surface area contributed by atoms with Crippen LogP contribution in [0.2, 0.25) is 10.0 Å². The average Bonchev–Trinajstić information content (AvgIpc) is 3.08. The van der Waals surface area contributed by atoms with E-state index >= 15 is 0 Å². The van der Waals surface area contributed by atoms with Gasteiger partial charge in [0.15, 0.2) is 4.96 Å². The van der Waals surface area contributed by atoms with Crippen molar-refractivity contribution < 1.29 is 4.74 Å². The molecule has 26 heavy (non-hydrogen) atoms. The van der Waals surface area contributed by atoms with E-state index in [0.717, 1.165) is 11.3 Å². The van der Waals surface area contributed by atoms with Crippen molar-refractivity contribution in [3.05, 3.63) is 86.1 Å². The Labute approximate surface area is 163 Å². The quantitative estimate of drug-likeness (QED) is 0.464. The summed E-state index contributed by atoms with van der Waals surface area (Å²) in [6.07, 6.45) is 0. The average molecular weight is 403 g/mol. The summed E-state index contributed by atoms with van der Waals surface area (Å²) < 4.78 is 7.28. The van der Waals surface area contributed by atoms with Crippen LogP contribution in [0.4, 0.5) is 0 Å². The largest absolute Gasteiger partial charge is 0.486 e. The second-order valence-corrected chi connectivity index (χ2v) is 7.23. The molecule has 4 nitrogen and oxygen atoms in total. The van der Waals surface area contributed by atoms with Crippen LogP contribution in [0.3, 0.4) is 0 Å². The number of thiazole rings is 1. The maximum Gasteiger partial charge on any atom is 0.259 e. The number of fused-ring (bicyclic) bond motifs is 1. The van der Waals surface area contributed by atoms with E-state index in [9.17, 15) is 4.79 Å². The van der Waals surface area contributed by atoms with Gasteiger partial charge in [-0.25, -0.2) is 4.98 Å². The predicted octanol–water partition coefficient (Wildman–Crippen LogP) is 5.31. The van der Waals surface area contributed by atoms with Crippen molar-refractivity contribution in [3.63, 3.8) is 0 Å². The number of benzene rings is 2. The Morgan fingerprint density at radius 2 is 1.88 bits per heavy atom. The van der Waals surface area contributed by atoms with Crippen molar-refractivity contribution in [1.29, 1.82) is 0 Å². The first kappa shape index (κ1) is 17.1. The van der Waals surface area contributed by atoms with Gasteiger partial charge in [-0.05, 0) is 17.7 Å². The van der Waals surface area contributed by atoms with Crippen molar-refractivity contribution >= 4 is 39.5 Å².